The first-order chi connectivity index (χ1) is 19.6. The number of hydrogen-bond donors (Lipinski definition) is 0. The maximum absolute atomic E-state index is 13.2. The number of hydrogen-bond acceptors (Lipinski definition) is 7. The molecule has 0 spiro atoms. The number of aryl methyl sites for hydroxylation is 1. The van der Waals surface area contributed by atoms with E-state index in [4.69, 9.17) is 14.2 Å². The molecular weight excluding hydrogens is 504 g/mol. The van der Waals surface area contributed by atoms with Crippen molar-refractivity contribution in [3.63, 3.8) is 0 Å². The number of fused-ring (bicyclic) bond motifs is 1. The van der Waals surface area contributed by atoms with Gasteiger partial charge in [0.15, 0.2) is 11.5 Å². The minimum absolute atomic E-state index is 0.227. The van der Waals surface area contributed by atoms with E-state index in [1.165, 1.54) is 11.3 Å². The van der Waals surface area contributed by atoms with Crippen molar-refractivity contribution < 1.29 is 19.0 Å². The lowest BCUT2D eigenvalue weighted by Crippen LogP contribution is -2.53. The lowest BCUT2D eigenvalue weighted by atomic mass is 10.1. The fourth-order valence-corrected chi connectivity index (χ4v) is 5.68. The molecule has 3 aromatic carbocycles. The molecule has 3 aromatic rings. The highest BCUT2D eigenvalue weighted by Gasteiger charge is 2.26. The standard InChI is InChI=1S/C32H38N4O4/c1-25-18-28(9-11-29(25)38-22-26-6-3-2-4-7-26)36-13-5-12-34(23-36)21-32(37)35-16-14-33(15-17-35)20-27-8-10-30-31(19-27)40-24-39-30/h2-4,6-11,18-19H,5,12-17,20-24H2,1H3. The number of carbonyl (C=O) groups is 1. The Morgan fingerprint density at radius 2 is 1.65 bits per heavy atom. The summed E-state index contributed by atoms with van der Waals surface area (Å²) in [5.41, 5.74) is 4.68. The van der Waals surface area contributed by atoms with E-state index >= 15 is 0 Å². The third-order valence-corrected chi connectivity index (χ3v) is 7.96. The molecule has 3 aliphatic rings. The summed E-state index contributed by atoms with van der Waals surface area (Å²) < 4.78 is 17.0. The highest BCUT2D eigenvalue weighted by molar-refractivity contribution is 5.78. The fourth-order valence-electron chi connectivity index (χ4n) is 5.68. The molecule has 0 bridgehead atoms. The average molecular weight is 543 g/mol. The van der Waals surface area contributed by atoms with E-state index < -0.39 is 0 Å². The molecule has 0 saturated carbocycles. The molecule has 8 heteroatoms. The first kappa shape index (κ1) is 26.5. The number of nitrogens with zero attached hydrogens (tertiary/aromatic N) is 4. The quantitative estimate of drug-likeness (QED) is 0.425. The number of piperazine rings is 1. The van der Waals surface area contributed by atoms with Gasteiger partial charge < -0.3 is 24.0 Å². The van der Waals surface area contributed by atoms with Crippen molar-refractivity contribution in [2.45, 2.75) is 26.5 Å². The van der Waals surface area contributed by atoms with Crippen LogP contribution in [0.3, 0.4) is 0 Å². The van der Waals surface area contributed by atoms with Crippen molar-refractivity contribution in [1.82, 2.24) is 14.7 Å². The zero-order valence-corrected chi connectivity index (χ0v) is 23.3. The lowest BCUT2D eigenvalue weighted by molar-refractivity contribution is -0.134. The van der Waals surface area contributed by atoms with E-state index in [-0.39, 0.29) is 5.91 Å². The van der Waals surface area contributed by atoms with Gasteiger partial charge in [-0.05, 0) is 60.4 Å². The Bertz CT molecular complexity index is 1310. The largest absolute Gasteiger partial charge is 0.489 e. The molecule has 0 atom stereocenters. The molecule has 8 nitrogen and oxygen atoms in total. The minimum atomic E-state index is 0.227. The molecule has 0 unspecified atom stereocenters. The van der Waals surface area contributed by atoms with E-state index in [0.29, 0.717) is 19.9 Å². The topological polar surface area (TPSA) is 57.7 Å². The van der Waals surface area contributed by atoms with Crippen LogP contribution < -0.4 is 19.1 Å². The van der Waals surface area contributed by atoms with Gasteiger partial charge in [-0.1, -0.05) is 36.4 Å². The normalized spacial score (nSPS) is 17.7. The van der Waals surface area contributed by atoms with Gasteiger partial charge >= 0.3 is 0 Å². The summed E-state index contributed by atoms with van der Waals surface area (Å²) in [5, 5.41) is 0. The van der Waals surface area contributed by atoms with Crippen LogP contribution in [-0.4, -0.2) is 79.9 Å². The van der Waals surface area contributed by atoms with Crippen LogP contribution in [0.5, 0.6) is 17.2 Å². The van der Waals surface area contributed by atoms with E-state index in [1.807, 2.05) is 29.2 Å². The van der Waals surface area contributed by atoms with Gasteiger partial charge in [0, 0.05) is 51.5 Å². The highest BCUT2D eigenvalue weighted by atomic mass is 16.7. The molecule has 0 aliphatic carbocycles. The molecule has 40 heavy (non-hydrogen) atoms. The third kappa shape index (κ3) is 6.35. The third-order valence-electron chi connectivity index (χ3n) is 7.96. The fraction of sp³-hybridized carbons (Fsp3) is 0.406. The van der Waals surface area contributed by atoms with Crippen molar-refractivity contribution in [1.29, 1.82) is 0 Å². The van der Waals surface area contributed by atoms with Crippen LogP contribution in [0.1, 0.15) is 23.1 Å². The molecule has 0 N–H and O–H groups in total. The second-order valence-corrected chi connectivity index (χ2v) is 10.9. The predicted octanol–water partition coefficient (Wildman–Crippen LogP) is 4.12. The lowest BCUT2D eigenvalue weighted by Gasteiger charge is -2.39. The molecule has 210 valence electrons. The van der Waals surface area contributed by atoms with Gasteiger partial charge in [-0.15, -0.1) is 0 Å². The smallest absolute Gasteiger partial charge is 0.236 e. The summed E-state index contributed by atoms with van der Waals surface area (Å²) in [7, 11) is 0. The Balaban J connectivity index is 0.971. The number of benzene rings is 3. The Morgan fingerprint density at radius 1 is 0.825 bits per heavy atom. The summed E-state index contributed by atoms with van der Waals surface area (Å²) in [5.74, 6) is 2.78. The first-order valence-corrected chi connectivity index (χ1v) is 14.2. The number of anilines is 1. The second kappa shape index (κ2) is 12.2. The van der Waals surface area contributed by atoms with Crippen molar-refractivity contribution in [2.75, 3.05) is 64.2 Å². The molecule has 2 fully saturated rings. The molecule has 0 aromatic heterocycles. The van der Waals surface area contributed by atoms with Gasteiger partial charge in [-0.2, -0.15) is 0 Å². The summed E-state index contributed by atoms with van der Waals surface area (Å²) in [6.07, 6.45) is 1.04. The maximum atomic E-state index is 13.2. The summed E-state index contributed by atoms with van der Waals surface area (Å²) in [6.45, 7) is 10.3. The van der Waals surface area contributed by atoms with Gasteiger partial charge in [-0.25, -0.2) is 0 Å². The van der Waals surface area contributed by atoms with Crippen molar-refractivity contribution in [3.05, 3.63) is 83.4 Å². The predicted molar refractivity (Wildman–Crippen MR) is 155 cm³/mol. The van der Waals surface area contributed by atoms with Crippen LogP contribution in [0.2, 0.25) is 0 Å². The van der Waals surface area contributed by atoms with Gasteiger partial charge in [0.25, 0.3) is 0 Å². The van der Waals surface area contributed by atoms with Gasteiger partial charge in [0.05, 0.1) is 13.2 Å². The van der Waals surface area contributed by atoms with Crippen LogP contribution in [0.4, 0.5) is 5.69 Å². The zero-order valence-electron chi connectivity index (χ0n) is 23.3. The van der Waals surface area contributed by atoms with E-state index in [0.717, 1.165) is 87.3 Å². The van der Waals surface area contributed by atoms with Crippen LogP contribution in [0.25, 0.3) is 0 Å². The van der Waals surface area contributed by atoms with Crippen LogP contribution >= 0.6 is 0 Å². The molecular formula is C32H38N4O4. The number of amides is 1. The van der Waals surface area contributed by atoms with E-state index in [2.05, 4.69) is 64.1 Å². The summed E-state index contributed by atoms with van der Waals surface area (Å²) in [6, 6.07) is 22.8. The molecule has 2 saturated heterocycles. The molecule has 3 heterocycles. The number of rotatable bonds is 8. The SMILES string of the molecule is Cc1cc(N2CCCN(CC(=O)N3CCN(Cc4ccc5c(c4)OCO5)CC3)C2)ccc1OCc1ccccc1. The monoisotopic (exact) mass is 542 g/mol. The maximum Gasteiger partial charge on any atom is 0.236 e. The molecule has 6 rings (SSSR count). The van der Waals surface area contributed by atoms with Crippen molar-refractivity contribution >= 4 is 11.6 Å². The minimum Gasteiger partial charge on any atom is -0.489 e. The van der Waals surface area contributed by atoms with E-state index in [9.17, 15) is 4.79 Å². The van der Waals surface area contributed by atoms with Crippen LogP contribution in [0, 0.1) is 6.92 Å². The molecule has 1 amide bonds. The van der Waals surface area contributed by atoms with E-state index in [1.54, 1.807) is 0 Å². The Hall–Kier alpha value is -3.75. The number of ether oxygens (including phenoxy) is 3. The van der Waals surface area contributed by atoms with Crippen molar-refractivity contribution in [3.8, 4) is 17.2 Å². The average Bonchev–Trinajstić information content (AvgIpc) is 3.46. The van der Waals surface area contributed by atoms with Crippen LogP contribution in [0.15, 0.2) is 66.7 Å². The van der Waals surface area contributed by atoms with Crippen molar-refractivity contribution in [2.24, 2.45) is 0 Å². The number of carbonyl (C=O) groups excluding carboxylic acids is 1. The second-order valence-electron chi connectivity index (χ2n) is 10.9. The van der Waals surface area contributed by atoms with Gasteiger partial charge in [0.2, 0.25) is 12.7 Å². The molecule has 3 aliphatic heterocycles. The van der Waals surface area contributed by atoms with Gasteiger partial charge in [0.1, 0.15) is 12.4 Å². The zero-order chi connectivity index (χ0) is 27.3. The summed E-state index contributed by atoms with van der Waals surface area (Å²) >= 11 is 0. The highest BCUT2D eigenvalue weighted by Crippen LogP contribution is 2.33. The first-order valence-electron chi connectivity index (χ1n) is 14.2. The Morgan fingerprint density at radius 3 is 2.48 bits per heavy atom. The Labute approximate surface area is 236 Å². The van der Waals surface area contributed by atoms with Crippen LogP contribution in [-0.2, 0) is 17.9 Å². The molecule has 0 radical (unpaired) electrons. The Kier molecular flexibility index (Phi) is 8.07. The summed E-state index contributed by atoms with van der Waals surface area (Å²) in [4.78, 5) is 22.3. The van der Waals surface area contributed by atoms with Gasteiger partial charge in [-0.3, -0.25) is 14.6 Å².